The van der Waals surface area contributed by atoms with E-state index in [2.05, 4.69) is 24.1 Å². The Morgan fingerprint density at radius 2 is 2.18 bits per heavy atom. The molecule has 0 fully saturated rings. The van der Waals surface area contributed by atoms with E-state index in [1.165, 1.54) is 19.3 Å². The number of rotatable bonds is 8. The molecule has 0 aliphatic rings. The number of aryl methyl sites for hydroxylation is 1. The standard InChI is InChI=1S/C14H24N2O/c1-4-5-6-9-15-10-13(3)17-14-8-7-12(2)16-11-14/h7-8,11,13,15H,4-6,9-10H2,1-3H3. The number of nitrogens with one attached hydrogen (secondary N) is 1. The number of aromatic nitrogens is 1. The van der Waals surface area contributed by atoms with Gasteiger partial charge in [0.05, 0.1) is 6.20 Å². The highest BCUT2D eigenvalue weighted by Gasteiger charge is 2.03. The zero-order valence-corrected chi connectivity index (χ0v) is 11.2. The molecule has 0 saturated carbocycles. The Morgan fingerprint density at radius 3 is 2.82 bits per heavy atom. The summed E-state index contributed by atoms with van der Waals surface area (Å²) in [7, 11) is 0. The molecule has 17 heavy (non-hydrogen) atoms. The molecule has 0 radical (unpaired) electrons. The second-order valence-corrected chi connectivity index (χ2v) is 4.47. The number of unbranched alkanes of at least 4 members (excludes halogenated alkanes) is 2. The first-order valence-electron chi connectivity index (χ1n) is 6.52. The first-order chi connectivity index (χ1) is 8.22. The molecule has 0 saturated heterocycles. The third-order valence-corrected chi connectivity index (χ3v) is 2.61. The Labute approximate surface area is 105 Å². The zero-order chi connectivity index (χ0) is 12.5. The van der Waals surface area contributed by atoms with Crippen molar-refractivity contribution in [2.24, 2.45) is 0 Å². The second-order valence-electron chi connectivity index (χ2n) is 4.47. The van der Waals surface area contributed by atoms with Gasteiger partial charge in [-0.05, 0) is 38.9 Å². The maximum atomic E-state index is 5.75. The molecule has 0 aromatic carbocycles. The van der Waals surface area contributed by atoms with Crippen LogP contribution in [0.25, 0.3) is 0 Å². The van der Waals surface area contributed by atoms with E-state index < -0.39 is 0 Å². The molecule has 1 aromatic rings. The van der Waals surface area contributed by atoms with Crippen LogP contribution in [0, 0.1) is 6.92 Å². The molecule has 0 amide bonds. The summed E-state index contributed by atoms with van der Waals surface area (Å²) in [4.78, 5) is 4.21. The molecule has 0 aliphatic heterocycles. The van der Waals surface area contributed by atoms with Crippen LogP contribution >= 0.6 is 0 Å². The molecule has 1 atom stereocenters. The van der Waals surface area contributed by atoms with E-state index in [-0.39, 0.29) is 6.10 Å². The van der Waals surface area contributed by atoms with E-state index in [1.54, 1.807) is 6.20 Å². The second kappa shape index (κ2) is 8.07. The summed E-state index contributed by atoms with van der Waals surface area (Å²) in [5, 5.41) is 3.41. The van der Waals surface area contributed by atoms with Gasteiger partial charge in [0.2, 0.25) is 0 Å². The Hall–Kier alpha value is -1.09. The van der Waals surface area contributed by atoms with Gasteiger partial charge in [-0.1, -0.05) is 19.8 Å². The third-order valence-electron chi connectivity index (χ3n) is 2.61. The molecule has 1 aromatic heterocycles. The monoisotopic (exact) mass is 236 g/mol. The van der Waals surface area contributed by atoms with Crippen molar-refractivity contribution in [3.63, 3.8) is 0 Å². The van der Waals surface area contributed by atoms with E-state index in [0.717, 1.165) is 24.5 Å². The SMILES string of the molecule is CCCCCNCC(C)Oc1ccc(C)nc1. The molecule has 0 bridgehead atoms. The van der Waals surface area contributed by atoms with Crippen molar-refractivity contribution < 1.29 is 4.74 Å². The number of nitrogens with zero attached hydrogens (tertiary/aromatic N) is 1. The van der Waals surface area contributed by atoms with Crippen LogP contribution in [-0.2, 0) is 0 Å². The fourth-order valence-electron chi connectivity index (χ4n) is 1.60. The smallest absolute Gasteiger partial charge is 0.138 e. The normalized spacial score (nSPS) is 12.4. The van der Waals surface area contributed by atoms with Gasteiger partial charge >= 0.3 is 0 Å². The lowest BCUT2D eigenvalue weighted by Gasteiger charge is -2.15. The van der Waals surface area contributed by atoms with Crippen molar-refractivity contribution in [2.45, 2.75) is 46.1 Å². The van der Waals surface area contributed by atoms with Gasteiger partial charge in [0.1, 0.15) is 11.9 Å². The molecular formula is C14H24N2O. The minimum absolute atomic E-state index is 0.182. The van der Waals surface area contributed by atoms with E-state index in [4.69, 9.17) is 4.74 Å². The molecule has 3 nitrogen and oxygen atoms in total. The zero-order valence-electron chi connectivity index (χ0n) is 11.2. The van der Waals surface area contributed by atoms with Gasteiger partial charge < -0.3 is 10.1 Å². The van der Waals surface area contributed by atoms with E-state index in [0.29, 0.717) is 0 Å². The summed E-state index contributed by atoms with van der Waals surface area (Å²) < 4.78 is 5.75. The van der Waals surface area contributed by atoms with Crippen LogP contribution in [0.3, 0.4) is 0 Å². The Morgan fingerprint density at radius 1 is 1.35 bits per heavy atom. The van der Waals surface area contributed by atoms with Gasteiger partial charge in [0, 0.05) is 12.2 Å². The lowest BCUT2D eigenvalue weighted by Crippen LogP contribution is -2.29. The number of ether oxygens (including phenoxy) is 1. The lowest BCUT2D eigenvalue weighted by atomic mass is 10.2. The number of hydrogen-bond donors (Lipinski definition) is 1. The van der Waals surface area contributed by atoms with Crippen molar-refractivity contribution in [3.05, 3.63) is 24.0 Å². The summed E-state index contributed by atoms with van der Waals surface area (Å²) in [5.41, 5.74) is 1.02. The van der Waals surface area contributed by atoms with Crippen LogP contribution in [0.1, 0.15) is 38.8 Å². The summed E-state index contributed by atoms with van der Waals surface area (Å²) in [6.07, 6.45) is 5.77. The average molecular weight is 236 g/mol. The molecule has 1 N–H and O–H groups in total. The lowest BCUT2D eigenvalue weighted by molar-refractivity contribution is 0.216. The summed E-state index contributed by atoms with van der Waals surface area (Å²) >= 11 is 0. The van der Waals surface area contributed by atoms with E-state index >= 15 is 0 Å². The van der Waals surface area contributed by atoms with Crippen molar-refractivity contribution >= 4 is 0 Å². The molecule has 1 heterocycles. The molecule has 0 spiro atoms. The van der Waals surface area contributed by atoms with E-state index in [9.17, 15) is 0 Å². The Kier molecular flexibility index (Phi) is 6.63. The Balaban J connectivity index is 2.16. The van der Waals surface area contributed by atoms with Crippen LogP contribution in [0.15, 0.2) is 18.3 Å². The van der Waals surface area contributed by atoms with Crippen LogP contribution in [-0.4, -0.2) is 24.2 Å². The summed E-state index contributed by atoms with van der Waals surface area (Å²) in [5.74, 6) is 0.846. The van der Waals surface area contributed by atoms with Gasteiger partial charge in [-0.15, -0.1) is 0 Å². The summed E-state index contributed by atoms with van der Waals surface area (Å²) in [6, 6.07) is 3.94. The predicted octanol–water partition coefficient (Wildman–Crippen LogP) is 2.94. The maximum absolute atomic E-state index is 5.75. The first-order valence-corrected chi connectivity index (χ1v) is 6.52. The average Bonchev–Trinajstić information content (AvgIpc) is 2.32. The molecule has 3 heteroatoms. The maximum Gasteiger partial charge on any atom is 0.138 e. The largest absolute Gasteiger partial charge is 0.488 e. The minimum atomic E-state index is 0.182. The van der Waals surface area contributed by atoms with Gasteiger partial charge in [-0.25, -0.2) is 0 Å². The van der Waals surface area contributed by atoms with E-state index in [1.807, 2.05) is 19.1 Å². The quantitative estimate of drug-likeness (QED) is 0.705. The van der Waals surface area contributed by atoms with Gasteiger partial charge in [-0.2, -0.15) is 0 Å². The molecule has 1 rings (SSSR count). The highest BCUT2D eigenvalue weighted by atomic mass is 16.5. The van der Waals surface area contributed by atoms with Crippen LogP contribution in [0.2, 0.25) is 0 Å². The molecular weight excluding hydrogens is 212 g/mol. The number of hydrogen-bond acceptors (Lipinski definition) is 3. The Bertz CT molecular complexity index is 298. The van der Waals surface area contributed by atoms with Gasteiger partial charge in [0.25, 0.3) is 0 Å². The van der Waals surface area contributed by atoms with Crippen LogP contribution < -0.4 is 10.1 Å². The molecule has 96 valence electrons. The van der Waals surface area contributed by atoms with Crippen molar-refractivity contribution in [1.29, 1.82) is 0 Å². The van der Waals surface area contributed by atoms with Crippen molar-refractivity contribution in [3.8, 4) is 5.75 Å². The highest BCUT2D eigenvalue weighted by molar-refractivity contribution is 5.19. The third kappa shape index (κ3) is 6.27. The van der Waals surface area contributed by atoms with Gasteiger partial charge in [0.15, 0.2) is 0 Å². The minimum Gasteiger partial charge on any atom is -0.488 e. The first kappa shape index (κ1) is 14.0. The fraction of sp³-hybridized carbons (Fsp3) is 0.643. The predicted molar refractivity (Wildman–Crippen MR) is 71.5 cm³/mol. The van der Waals surface area contributed by atoms with Crippen LogP contribution in [0.5, 0.6) is 5.75 Å². The molecule has 1 unspecified atom stereocenters. The van der Waals surface area contributed by atoms with Gasteiger partial charge in [-0.3, -0.25) is 4.98 Å². The van der Waals surface area contributed by atoms with Crippen molar-refractivity contribution in [1.82, 2.24) is 10.3 Å². The number of pyridine rings is 1. The molecule has 0 aliphatic carbocycles. The topological polar surface area (TPSA) is 34.1 Å². The highest BCUT2D eigenvalue weighted by Crippen LogP contribution is 2.10. The fourth-order valence-corrected chi connectivity index (χ4v) is 1.60. The van der Waals surface area contributed by atoms with Crippen LogP contribution in [0.4, 0.5) is 0 Å². The summed E-state index contributed by atoms with van der Waals surface area (Å²) in [6.45, 7) is 8.23. The van der Waals surface area contributed by atoms with Crippen molar-refractivity contribution in [2.75, 3.05) is 13.1 Å².